The fraction of sp³-hybridized carbons (Fsp3) is 0.743. The summed E-state index contributed by atoms with van der Waals surface area (Å²) in [5.74, 6) is 4.55. The van der Waals surface area contributed by atoms with Crippen LogP contribution in [0.1, 0.15) is 118 Å². The second-order valence-corrected chi connectivity index (χ2v) is 19.6. The Morgan fingerprint density at radius 3 is 2.36 bits per heavy atom. The minimum absolute atomic E-state index is 0.114. The SMILES string of the molecule is CCOC(=O)CC=C[C@@H](C)[C@H]1CC[C@H]2[C@@H]3CCc4cc(O[Si](C(C)C)(C(C)C)C(C)C)ccc4[C@H]3CC[C@]12C. The summed E-state index contributed by atoms with van der Waals surface area (Å²) in [5.41, 5.74) is 5.36. The molecule has 2 fully saturated rings. The van der Waals surface area contributed by atoms with Gasteiger partial charge in [0.05, 0.1) is 13.0 Å². The standard InChI is InChI=1S/C35H56O3Si/c1-10-37-34(36)13-11-12-26(8)32-18-19-33-31-16-14-27-22-28(38-39(23(2)3,24(4)5)25(6)7)15-17-29(27)30(31)20-21-35(32,33)9/h11-12,15,17,22-26,30-33H,10,13-14,16,18-21H2,1-9H3/t26-,30-,31-,32-,33+,35-/m1/s1. The third-order valence-electron chi connectivity index (χ3n) is 11.4. The topological polar surface area (TPSA) is 35.5 Å². The quantitative estimate of drug-likeness (QED) is 0.165. The predicted molar refractivity (Wildman–Crippen MR) is 166 cm³/mol. The van der Waals surface area contributed by atoms with Crippen LogP contribution >= 0.6 is 0 Å². The van der Waals surface area contributed by atoms with Gasteiger partial charge in [-0.1, -0.05) is 73.6 Å². The predicted octanol–water partition coefficient (Wildman–Crippen LogP) is 9.86. The van der Waals surface area contributed by atoms with Crippen molar-refractivity contribution in [3.05, 3.63) is 41.5 Å². The summed E-state index contributed by atoms with van der Waals surface area (Å²) in [5, 5.41) is 0. The minimum atomic E-state index is -1.95. The van der Waals surface area contributed by atoms with Crippen LogP contribution in [0, 0.1) is 29.1 Å². The lowest BCUT2D eigenvalue weighted by atomic mass is 9.53. The summed E-state index contributed by atoms with van der Waals surface area (Å²) in [4.78, 5) is 11.8. The number of allylic oxidation sites excluding steroid dienone is 1. The molecule has 0 saturated heterocycles. The third-order valence-corrected chi connectivity index (χ3v) is 17.4. The Morgan fingerprint density at radius 2 is 1.72 bits per heavy atom. The van der Waals surface area contributed by atoms with E-state index >= 15 is 0 Å². The Balaban J connectivity index is 1.49. The molecule has 1 aromatic rings. The van der Waals surface area contributed by atoms with Crippen molar-refractivity contribution >= 4 is 14.3 Å². The number of esters is 1. The highest BCUT2D eigenvalue weighted by molar-refractivity contribution is 6.78. The first-order valence-electron chi connectivity index (χ1n) is 16.1. The lowest BCUT2D eigenvalue weighted by Gasteiger charge is -2.52. The van der Waals surface area contributed by atoms with E-state index in [4.69, 9.17) is 9.16 Å². The van der Waals surface area contributed by atoms with Gasteiger partial charge in [-0.25, -0.2) is 0 Å². The zero-order valence-electron chi connectivity index (χ0n) is 26.4. The fourth-order valence-electron chi connectivity index (χ4n) is 9.82. The number of ether oxygens (including phenoxy) is 1. The Morgan fingerprint density at radius 1 is 1.03 bits per heavy atom. The summed E-state index contributed by atoms with van der Waals surface area (Å²) < 4.78 is 12.2. The maximum atomic E-state index is 11.8. The third kappa shape index (κ3) is 5.66. The molecule has 0 bridgehead atoms. The second-order valence-electron chi connectivity index (χ2n) is 14.2. The largest absolute Gasteiger partial charge is 0.543 e. The summed E-state index contributed by atoms with van der Waals surface area (Å²) in [6.45, 7) is 21.6. The molecule has 0 heterocycles. The monoisotopic (exact) mass is 552 g/mol. The van der Waals surface area contributed by atoms with Gasteiger partial charge >= 0.3 is 5.97 Å². The van der Waals surface area contributed by atoms with Gasteiger partial charge in [0.15, 0.2) is 0 Å². The highest BCUT2D eigenvalue weighted by Crippen LogP contribution is 2.64. The molecule has 3 aliphatic carbocycles. The van der Waals surface area contributed by atoms with Crippen molar-refractivity contribution in [1.29, 1.82) is 0 Å². The van der Waals surface area contributed by atoms with Crippen LogP contribution in [0.15, 0.2) is 30.4 Å². The molecule has 0 aromatic heterocycles. The van der Waals surface area contributed by atoms with Gasteiger partial charge in [-0.2, -0.15) is 0 Å². The van der Waals surface area contributed by atoms with E-state index < -0.39 is 8.32 Å². The van der Waals surface area contributed by atoms with Gasteiger partial charge in [-0.3, -0.25) is 4.79 Å². The van der Waals surface area contributed by atoms with Crippen LogP contribution in [0.2, 0.25) is 16.6 Å². The number of benzene rings is 1. The summed E-state index contributed by atoms with van der Waals surface area (Å²) in [6.07, 6.45) is 12.6. The average molecular weight is 553 g/mol. The van der Waals surface area contributed by atoms with E-state index in [1.165, 1.54) is 38.5 Å². The van der Waals surface area contributed by atoms with E-state index in [0.29, 0.717) is 52.8 Å². The number of rotatable bonds is 10. The van der Waals surface area contributed by atoms with Crippen LogP contribution in [-0.4, -0.2) is 20.9 Å². The van der Waals surface area contributed by atoms with Gasteiger partial charge < -0.3 is 9.16 Å². The molecule has 3 nitrogen and oxygen atoms in total. The lowest BCUT2D eigenvalue weighted by Crippen LogP contribution is -2.50. The number of hydrogen-bond acceptors (Lipinski definition) is 3. The van der Waals surface area contributed by atoms with E-state index in [1.54, 1.807) is 11.1 Å². The van der Waals surface area contributed by atoms with Crippen molar-refractivity contribution in [2.45, 2.75) is 130 Å². The van der Waals surface area contributed by atoms with Crippen molar-refractivity contribution in [2.75, 3.05) is 6.61 Å². The molecule has 0 spiro atoms. The number of fused-ring (bicyclic) bond motifs is 5. The van der Waals surface area contributed by atoms with Crippen LogP contribution in [0.3, 0.4) is 0 Å². The van der Waals surface area contributed by atoms with Crippen LogP contribution in [0.5, 0.6) is 5.75 Å². The van der Waals surface area contributed by atoms with Gasteiger partial charge in [-0.15, -0.1) is 0 Å². The first-order chi connectivity index (χ1) is 18.5. The minimum Gasteiger partial charge on any atom is -0.543 e. The maximum absolute atomic E-state index is 11.8. The van der Waals surface area contributed by atoms with Gasteiger partial charge in [0, 0.05) is 0 Å². The molecule has 6 atom stereocenters. The molecule has 0 aliphatic heterocycles. The van der Waals surface area contributed by atoms with E-state index in [-0.39, 0.29) is 5.97 Å². The van der Waals surface area contributed by atoms with Gasteiger partial charge in [0.1, 0.15) is 5.75 Å². The van der Waals surface area contributed by atoms with Crippen LogP contribution < -0.4 is 4.43 Å². The molecular weight excluding hydrogens is 496 g/mol. The molecule has 39 heavy (non-hydrogen) atoms. The van der Waals surface area contributed by atoms with Crippen molar-refractivity contribution in [3.63, 3.8) is 0 Å². The number of carbonyl (C=O) groups is 1. The Kier molecular flexibility index (Phi) is 9.46. The Bertz CT molecular complexity index is 1000. The zero-order chi connectivity index (χ0) is 28.5. The van der Waals surface area contributed by atoms with Crippen LogP contribution in [-0.2, 0) is 16.0 Å². The summed E-state index contributed by atoms with van der Waals surface area (Å²) >= 11 is 0. The van der Waals surface area contributed by atoms with Gasteiger partial charge in [0.25, 0.3) is 8.32 Å². The molecule has 1 aromatic carbocycles. The molecular formula is C35H56O3Si. The Labute approximate surface area is 240 Å². The lowest BCUT2D eigenvalue weighted by molar-refractivity contribution is -0.142. The van der Waals surface area contributed by atoms with Gasteiger partial charge in [-0.05, 0) is 120 Å². The number of aryl methyl sites for hydroxylation is 1. The number of hydrogen-bond donors (Lipinski definition) is 0. The maximum Gasteiger partial charge on any atom is 0.309 e. The molecule has 4 rings (SSSR count). The molecule has 4 heteroatoms. The molecule has 2 saturated carbocycles. The summed E-state index contributed by atoms with van der Waals surface area (Å²) in [6, 6.07) is 7.21. The number of carbonyl (C=O) groups excluding carboxylic acids is 1. The molecule has 218 valence electrons. The normalized spacial score (nSPS) is 29.4. The first-order valence-corrected chi connectivity index (χ1v) is 18.2. The van der Waals surface area contributed by atoms with Crippen molar-refractivity contribution < 1.29 is 14.0 Å². The van der Waals surface area contributed by atoms with Gasteiger partial charge in [0.2, 0.25) is 0 Å². The Hall–Kier alpha value is -1.55. The first kappa shape index (κ1) is 30.4. The zero-order valence-corrected chi connectivity index (χ0v) is 27.4. The molecule has 3 aliphatic rings. The highest BCUT2D eigenvalue weighted by atomic mass is 28.4. The summed E-state index contributed by atoms with van der Waals surface area (Å²) in [7, 11) is -1.95. The van der Waals surface area contributed by atoms with E-state index in [1.807, 2.05) is 6.92 Å². The van der Waals surface area contributed by atoms with Crippen molar-refractivity contribution in [3.8, 4) is 5.75 Å². The van der Waals surface area contributed by atoms with E-state index in [2.05, 4.69) is 85.7 Å². The van der Waals surface area contributed by atoms with Crippen molar-refractivity contribution in [1.82, 2.24) is 0 Å². The van der Waals surface area contributed by atoms with Crippen molar-refractivity contribution in [2.24, 2.45) is 29.1 Å². The molecule has 0 amide bonds. The molecule has 0 N–H and O–H groups in total. The van der Waals surface area contributed by atoms with Crippen LogP contribution in [0.4, 0.5) is 0 Å². The fourth-order valence-corrected chi connectivity index (χ4v) is 15.1. The van der Waals surface area contributed by atoms with E-state index in [0.717, 1.165) is 17.6 Å². The van der Waals surface area contributed by atoms with Crippen LogP contribution in [0.25, 0.3) is 0 Å². The molecule has 0 radical (unpaired) electrons. The molecule has 0 unspecified atom stereocenters. The highest BCUT2D eigenvalue weighted by Gasteiger charge is 2.55. The van der Waals surface area contributed by atoms with E-state index in [9.17, 15) is 4.79 Å². The average Bonchev–Trinajstić information content (AvgIpc) is 3.23. The second kappa shape index (κ2) is 12.1. The smallest absolute Gasteiger partial charge is 0.309 e.